The van der Waals surface area contributed by atoms with Crippen molar-refractivity contribution >= 4 is 17.8 Å². The third-order valence-electron chi connectivity index (χ3n) is 4.19. The molecule has 2 amide bonds. The van der Waals surface area contributed by atoms with E-state index in [4.69, 9.17) is 9.47 Å². The van der Waals surface area contributed by atoms with E-state index in [0.717, 1.165) is 0 Å². The minimum Gasteiger partial charge on any atom is -0.493 e. The highest BCUT2D eigenvalue weighted by atomic mass is 16.5. The van der Waals surface area contributed by atoms with Gasteiger partial charge in [-0.3, -0.25) is 14.4 Å². The van der Waals surface area contributed by atoms with E-state index in [1.807, 2.05) is 27.7 Å². The zero-order valence-corrected chi connectivity index (χ0v) is 17.1. The van der Waals surface area contributed by atoms with Gasteiger partial charge >= 0.3 is 5.97 Å². The molecule has 1 unspecified atom stereocenters. The Balaban J connectivity index is 2.11. The second-order valence-electron chi connectivity index (χ2n) is 7.82. The van der Waals surface area contributed by atoms with Crippen molar-refractivity contribution in [3.05, 3.63) is 29.8 Å². The molecule has 1 aromatic rings. The molecule has 1 saturated heterocycles. The summed E-state index contributed by atoms with van der Waals surface area (Å²) in [6, 6.07) is 6.03. The van der Waals surface area contributed by atoms with Crippen LogP contribution in [0.15, 0.2) is 24.3 Å². The predicted molar refractivity (Wildman–Crippen MR) is 105 cm³/mol. The number of rotatable bonds is 8. The summed E-state index contributed by atoms with van der Waals surface area (Å²) in [5, 5.41) is 2.72. The van der Waals surface area contributed by atoms with Crippen LogP contribution in [0.25, 0.3) is 0 Å². The third kappa shape index (κ3) is 6.25. The van der Waals surface area contributed by atoms with Gasteiger partial charge in [0.2, 0.25) is 5.91 Å². The Hall–Kier alpha value is -2.57. The van der Waals surface area contributed by atoms with Crippen molar-refractivity contribution in [3.63, 3.8) is 0 Å². The van der Waals surface area contributed by atoms with Crippen molar-refractivity contribution < 1.29 is 23.9 Å². The SMILES string of the molecule is CC(C)COC(=O)CC1C(=O)NCCN1C(=O)c1cccc(OCC(C)C)c1. The van der Waals surface area contributed by atoms with Crippen LogP contribution in [0.2, 0.25) is 0 Å². The van der Waals surface area contributed by atoms with Crippen molar-refractivity contribution in [1.82, 2.24) is 10.2 Å². The minimum atomic E-state index is -0.874. The quantitative estimate of drug-likeness (QED) is 0.688. The first-order chi connectivity index (χ1) is 13.3. The van der Waals surface area contributed by atoms with Gasteiger partial charge < -0.3 is 19.7 Å². The molecule has 7 nitrogen and oxygen atoms in total. The third-order valence-corrected chi connectivity index (χ3v) is 4.19. The highest BCUT2D eigenvalue weighted by molar-refractivity contribution is 5.99. The molecule has 1 heterocycles. The van der Waals surface area contributed by atoms with Crippen LogP contribution in [0.3, 0.4) is 0 Å². The van der Waals surface area contributed by atoms with Crippen molar-refractivity contribution in [2.45, 2.75) is 40.2 Å². The van der Waals surface area contributed by atoms with Crippen LogP contribution in [-0.4, -0.2) is 55.0 Å². The highest BCUT2D eigenvalue weighted by Crippen LogP contribution is 2.19. The van der Waals surface area contributed by atoms with E-state index in [-0.39, 0.29) is 30.8 Å². The molecule has 1 N–H and O–H groups in total. The van der Waals surface area contributed by atoms with Crippen LogP contribution in [0, 0.1) is 11.8 Å². The number of amides is 2. The van der Waals surface area contributed by atoms with Crippen LogP contribution in [0.5, 0.6) is 5.75 Å². The summed E-state index contributed by atoms with van der Waals surface area (Å²) in [5.74, 6) is 0.0538. The van der Waals surface area contributed by atoms with Crippen LogP contribution in [-0.2, 0) is 14.3 Å². The monoisotopic (exact) mass is 390 g/mol. The molecule has 28 heavy (non-hydrogen) atoms. The van der Waals surface area contributed by atoms with Crippen molar-refractivity contribution in [3.8, 4) is 5.75 Å². The van der Waals surface area contributed by atoms with Crippen molar-refractivity contribution in [1.29, 1.82) is 0 Å². The summed E-state index contributed by atoms with van der Waals surface area (Å²) < 4.78 is 10.9. The number of carbonyl (C=O) groups is 3. The lowest BCUT2D eigenvalue weighted by molar-refractivity contribution is -0.148. The van der Waals surface area contributed by atoms with Gasteiger partial charge in [-0.2, -0.15) is 0 Å². The topological polar surface area (TPSA) is 84.9 Å². The van der Waals surface area contributed by atoms with Gasteiger partial charge in [0, 0.05) is 18.7 Å². The van der Waals surface area contributed by atoms with E-state index in [1.54, 1.807) is 24.3 Å². The predicted octanol–water partition coefficient (Wildman–Crippen LogP) is 2.25. The van der Waals surface area contributed by atoms with E-state index < -0.39 is 12.0 Å². The number of nitrogens with zero attached hydrogens (tertiary/aromatic N) is 1. The van der Waals surface area contributed by atoms with Crippen LogP contribution in [0.1, 0.15) is 44.5 Å². The van der Waals surface area contributed by atoms with Gasteiger partial charge in [0.05, 0.1) is 19.6 Å². The van der Waals surface area contributed by atoms with Gasteiger partial charge in [0.25, 0.3) is 5.91 Å². The van der Waals surface area contributed by atoms with Gasteiger partial charge in [0.15, 0.2) is 0 Å². The van der Waals surface area contributed by atoms with E-state index in [0.29, 0.717) is 36.9 Å². The number of nitrogens with one attached hydrogen (secondary N) is 1. The fourth-order valence-electron chi connectivity index (χ4n) is 2.78. The maximum atomic E-state index is 13.0. The Morgan fingerprint density at radius 2 is 1.89 bits per heavy atom. The fraction of sp³-hybridized carbons (Fsp3) is 0.571. The average Bonchev–Trinajstić information content (AvgIpc) is 2.66. The molecule has 1 aliphatic heterocycles. The van der Waals surface area contributed by atoms with E-state index in [2.05, 4.69) is 5.32 Å². The molecule has 1 aliphatic rings. The summed E-state index contributed by atoms with van der Waals surface area (Å²) in [7, 11) is 0. The molecular formula is C21H30N2O5. The van der Waals surface area contributed by atoms with Gasteiger partial charge in [0.1, 0.15) is 11.8 Å². The number of piperazine rings is 1. The second-order valence-corrected chi connectivity index (χ2v) is 7.82. The van der Waals surface area contributed by atoms with E-state index >= 15 is 0 Å². The summed E-state index contributed by atoms with van der Waals surface area (Å²) in [6.07, 6.45) is -0.159. The van der Waals surface area contributed by atoms with Gasteiger partial charge in [-0.15, -0.1) is 0 Å². The number of hydrogen-bond donors (Lipinski definition) is 1. The average molecular weight is 390 g/mol. The minimum absolute atomic E-state index is 0.159. The molecule has 0 saturated carbocycles. The number of carbonyl (C=O) groups excluding carboxylic acids is 3. The van der Waals surface area contributed by atoms with Crippen LogP contribution >= 0.6 is 0 Å². The lowest BCUT2D eigenvalue weighted by Gasteiger charge is -2.34. The molecule has 1 atom stereocenters. The zero-order valence-electron chi connectivity index (χ0n) is 17.1. The molecule has 0 spiro atoms. The molecule has 0 radical (unpaired) electrons. The number of hydrogen-bond acceptors (Lipinski definition) is 5. The standard InChI is InChI=1S/C21H30N2O5/c1-14(2)12-27-17-7-5-6-16(10-17)21(26)23-9-8-22-20(25)18(23)11-19(24)28-13-15(3)4/h5-7,10,14-15,18H,8-9,11-13H2,1-4H3,(H,22,25). The molecule has 0 bridgehead atoms. The van der Waals surface area contributed by atoms with Crippen molar-refractivity contribution in [2.24, 2.45) is 11.8 Å². The maximum absolute atomic E-state index is 13.0. The molecule has 1 fully saturated rings. The lowest BCUT2D eigenvalue weighted by atomic mass is 10.1. The van der Waals surface area contributed by atoms with Crippen LogP contribution < -0.4 is 10.1 Å². The van der Waals surface area contributed by atoms with Gasteiger partial charge in [-0.1, -0.05) is 33.8 Å². The molecule has 2 rings (SSSR count). The Morgan fingerprint density at radius 1 is 1.18 bits per heavy atom. The highest BCUT2D eigenvalue weighted by Gasteiger charge is 2.35. The van der Waals surface area contributed by atoms with E-state index in [9.17, 15) is 14.4 Å². The lowest BCUT2D eigenvalue weighted by Crippen LogP contribution is -2.57. The maximum Gasteiger partial charge on any atom is 0.308 e. The zero-order chi connectivity index (χ0) is 20.7. The Bertz CT molecular complexity index is 702. The number of ether oxygens (including phenoxy) is 2. The smallest absolute Gasteiger partial charge is 0.308 e. The summed E-state index contributed by atoms with van der Waals surface area (Å²) in [5.41, 5.74) is 0.427. The fourth-order valence-corrected chi connectivity index (χ4v) is 2.78. The normalized spacial score (nSPS) is 16.9. The molecule has 1 aromatic carbocycles. The van der Waals surface area contributed by atoms with E-state index in [1.165, 1.54) is 4.90 Å². The second kappa shape index (κ2) is 10.1. The first kappa shape index (κ1) is 21.7. The molecule has 0 aromatic heterocycles. The van der Waals surface area contributed by atoms with Crippen molar-refractivity contribution in [2.75, 3.05) is 26.3 Å². The molecule has 7 heteroatoms. The summed E-state index contributed by atoms with van der Waals surface area (Å²) in [6.45, 7) is 9.49. The van der Waals surface area contributed by atoms with Gasteiger partial charge in [-0.25, -0.2) is 0 Å². The van der Waals surface area contributed by atoms with Gasteiger partial charge in [-0.05, 0) is 30.0 Å². The van der Waals surface area contributed by atoms with Crippen LogP contribution in [0.4, 0.5) is 0 Å². The molecular weight excluding hydrogens is 360 g/mol. The Morgan fingerprint density at radius 3 is 2.57 bits per heavy atom. The molecule has 154 valence electrons. The first-order valence-corrected chi connectivity index (χ1v) is 9.75. The largest absolute Gasteiger partial charge is 0.493 e. The Labute approximate surface area is 166 Å². The Kier molecular flexibility index (Phi) is 7.84. The first-order valence-electron chi connectivity index (χ1n) is 9.75. The number of benzene rings is 1. The molecule has 0 aliphatic carbocycles. The summed E-state index contributed by atoms with van der Waals surface area (Å²) >= 11 is 0. The summed E-state index contributed by atoms with van der Waals surface area (Å²) in [4.78, 5) is 38.9. The number of esters is 1.